The second kappa shape index (κ2) is 6.90. The van der Waals surface area contributed by atoms with Gasteiger partial charge in [-0.15, -0.1) is 11.3 Å². The first-order valence-corrected chi connectivity index (χ1v) is 7.69. The van der Waals surface area contributed by atoms with E-state index in [1.807, 2.05) is 18.7 Å². The highest BCUT2D eigenvalue weighted by Gasteiger charge is 2.23. The molecule has 2 amide bonds. The van der Waals surface area contributed by atoms with E-state index in [1.54, 1.807) is 18.4 Å². The Hall–Kier alpha value is -1.34. The van der Waals surface area contributed by atoms with Crippen LogP contribution in [0.25, 0.3) is 0 Å². The first kappa shape index (κ1) is 15.1. The molecule has 1 fully saturated rings. The Morgan fingerprint density at radius 3 is 2.75 bits per heavy atom. The number of anilines is 1. The zero-order valence-electron chi connectivity index (χ0n) is 12.3. The Morgan fingerprint density at radius 2 is 2.20 bits per heavy atom. The van der Waals surface area contributed by atoms with E-state index in [-0.39, 0.29) is 12.1 Å². The molecule has 0 bridgehead atoms. The summed E-state index contributed by atoms with van der Waals surface area (Å²) in [6, 6.07) is 0.0247. The third-order valence-corrected chi connectivity index (χ3v) is 4.25. The molecule has 1 aliphatic heterocycles. The van der Waals surface area contributed by atoms with Crippen LogP contribution in [-0.4, -0.2) is 61.9 Å². The highest BCUT2D eigenvalue weighted by molar-refractivity contribution is 7.13. The fraction of sp³-hybridized carbons (Fsp3) is 0.692. The number of rotatable bonds is 4. The Bertz CT molecular complexity index is 443. The van der Waals surface area contributed by atoms with Crippen molar-refractivity contribution in [1.82, 2.24) is 15.2 Å². The summed E-state index contributed by atoms with van der Waals surface area (Å²) in [5.41, 5.74) is 1.05. The molecule has 1 aliphatic rings. The molecule has 0 saturated carbocycles. The predicted octanol–water partition coefficient (Wildman–Crippen LogP) is 1.32. The third-order valence-electron chi connectivity index (χ3n) is 3.23. The standard InChI is InChI=1S/C13H22N4O2S/c1-10(8-19-3)14-12(18)16-4-6-17(7-5-16)13-15-11(2)9-20-13/h9-10H,4-8H2,1-3H3,(H,14,18)/t10-/m0/s1. The zero-order chi connectivity index (χ0) is 14.5. The summed E-state index contributed by atoms with van der Waals surface area (Å²) in [4.78, 5) is 20.6. The van der Waals surface area contributed by atoms with Crippen molar-refractivity contribution in [3.05, 3.63) is 11.1 Å². The minimum atomic E-state index is -0.00970. The maximum absolute atomic E-state index is 12.1. The number of aromatic nitrogens is 1. The number of hydrogen-bond acceptors (Lipinski definition) is 5. The Labute approximate surface area is 123 Å². The van der Waals surface area contributed by atoms with Crippen molar-refractivity contribution in [2.75, 3.05) is 44.8 Å². The molecule has 7 heteroatoms. The van der Waals surface area contributed by atoms with Gasteiger partial charge in [-0.1, -0.05) is 0 Å². The number of piperazine rings is 1. The molecular weight excluding hydrogens is 276 g/mol. The molecule has 1 N–H and O–H groups in total. The number of methoxy groups -OCH3 is 1. The summed E-state index contributed by atoms with van der Waals surface area (Å²) in [6.07, 6.45) is 0. The highest BCUT2D eigenvalue weighted by Crippen LogP contribution is 2.21. The van der Waals surface area contributed by atoms with Gasteiger partial charge in [0.2, 0.25) is 0 Å². The first-order valence-electron chi connectivity index (χ1n) is 6.81. The number of nitrogens with zero attached hydrogens (tertiary/aromatic N) is 3. The van der Waals surface area contributed by atoms with Gasteiger partial charge in [-0.05, 0) is 13.8 Å². The largest absolute Gasteiger partial charge is 0.383 e. The van der Waals surface area contributed by atoms with Crippen molar-refractivity contribution in [2.45, 2.75) is 19.9 Å². The minimum Gasteiger partial charge on any atom is -0.383 e. The number of thiazole rings is 1. The molecule has 0 spiro atoms. The van der Waals surface area contributed by atoms with E-state index >= 15 is 0 Å². The Balaban J connectivity index is 1.80. The lowest BCUT2D eigenvalue weighted by Crippen LogP contribution is -2.53. The minimum absolute atomic E-state index is 0.00970. The average molecular weight is 298 g/mol. The van der Waals surface area contributed by atoms with E-state index in [0.717, 1.165) is 37.0 Å². The molecule has 6 nitrogen and oxygen atoms in total. The van der Waals surface area contributed by atoms with Crippen LogP contribution in [0.4, 0.5) is 9.93 Å². The van der Waals surface area contributed by atoms with Crippen LogP contribution in [-0.2, 0) is 4.74 Å². The molecule has 1 aromatic heterocycles. The van der Waals surface area contributed by atoms with Gasteiger partial charge in [-0.2, -0.15) is 0 Å². The summed E-state index contributed by atoms with van der Waals surface area (Å²) < 4.78 is 5.02. The molecule has 0 radical (unpaired) electrons. The number of carbonyl (C=O) groups is 1. The maximum Gasteiger partial charge on any atom is 0.317 e. The van der Waals surface area contributed by atoms with Crippen LogP contribution in [0.5, 0.6) is 0 Å². The van der Waals surface area contributed by atoms with Gasteiger partial charge >= 0.3 is 6.03 Å². The highest BCUT2D eigenvalue weighted by atomic mass is 32.1. The van der Waals surface area contributed by atoms with Gasteiger partial charge in [0.15, 0.2) is 5.13 Å². The molecule has 0 unspecified atom stereocenters. The molecule has 112 valence electrons. The van der Waals surface area contributed by atoms with E-state index in [0.29, 0.717) is 6.61 Å². The second-order valence-electron chi connectivity index (χ2n) is 5.05. The van der Waals surface area contributed by atoms with Gasteiger partial charge in [0.05, 0.1) is 18.3 Å². The quantitative estimate of drug-likeness (QED) is 0.911. The van der Waals surface area contributed by atoms with Crippen LogP contribution in [0, 0.1) is 6.92 Å². The predicted molar refractivity (Wildman–Crippen MR) is 80.5 cm³/mol. The van der Waals surface area contributed by atoms with Crippen molar-refractivity contribution in [2.24, 2.45) is 0 Å². The van der Waals surface area contributed by atoms with Crippen LogP contribution in [0.15, 0.2) is 5.38 Å². The van der Waals surface area contributed by atoms with Crippen LogP contribution < -0.4 is 10.2 Å². The number of carbonyl (C=O) groups excluding carboxylic acids is 1. The molecule has 1 saturated heterocycles. The van der Waals surface area contributed by atoms with E-state index in [4.69, 9.17) is 4.74 Å². The fourth-order valence-corrected chi connectivity index (χ4v) is 3.04. The van der Waals surface area contributed by atoms with Crippen molar-refractivity contribution in [3.8, 4) is 0 Å². The summed E-state index contributed by atoms with van der Waals surface area (Å²) in [5, 5.41) is 6.05. The molecule has 2 rings (SSSR count). The number of nitrogens with one attached hydrogen (secondary N) is 1. The second-order valence-corrected chi connectivity index (χ2v) is 5.89. The molecule has 1 aromatic rings. The van der Waals surface area contributed by atoms with Crippen LogP contribution >= 0.6 is 11.3 Å². The van der Waals surface area contributed by atoms with Crippen molar-refractivity contribution < 1.29 is 9.53 Å². The summed E-state index contributed by atoms with van der Waals surface area (Å²) in [6.45, 7) is 7.59. The van der Waals surface area contributed by atoms with Gasteiger partial charge in [-0.3, -0.25) is 0 Å². The molecular formula is C13H22N4O2S. The van der Waals surface area contributed by atoms with E-state index < -0.39 is 0 Å². The number of ether oxygens (including phenoxy) is 1. The van der Waals surface area contributed by atoms with Crippen LogP contribution in [0.1, 0.15) is 12.6 Å². The Morgan fingerprint density at radius 1 is 1.50 bits per heavy atom. The summed E-state index contributed by atoms with van der Waals surface area (Å²) in [7, 11) is 1.64. The van der Waals surface area contributed by atoms with E-state index in [2.05, 4.69) is 20.6 Å². The van der Waals surface area contributed by atoms with Crippen molar-refractivity contribution in [3.63, 3.8) is 0 Å². The molecule has 0 aromatic carbocycles. The smallest absolute Gasteiger partial charge is 0.317 e. The van der Waals surface area contributed by atoms with Crippen molar-refractivity contribution >= 4 is 22.5 Å². The van der Waals surface area contributed by atoms with E-state index in [9.17, 15) is 4.79 Å². The number of hydrogen-bond donors (Lipinski definition) is 1. The van der Waals surface area contributed by atoms with Gasteiger partial charge in [0.25, 0.3) is 0 Å². The lowest BCUT2D eigenvalue weighted by Gasteiger charge is -2.35. The molecule has 20 heavy (non-hydrogen) atoms. The van der Waals surface area contributed by atoms with Gasteiger partial charge in [0, 0.05) is 38.7 Å². The van der Waals surface area contributed by atoms with Crippen LogP contribution in [0.3, 0.4) is 0 Å². The van der Waals surface area contributed by atoms with Crippen LogP contribution in [0.2, 0.25) is 0 Å². The Kier molecular flexibility index (Phi) is 5.19. The third kappa shape index (κ3) is 3.83. The van der Waals surface area contributed by atoms with E-state index in [1.165, 1.54) is 0 Å². The lowest BCUT2D eigenvalue weighted by molar-refractivity contribution is 0.158. The lowest BCUT2D eigenvalue weighted by atomic mass is 10.3. The normalized spacial score (nSPS) is 17.1. The zero-order valence-corrected chi connectivity index (χ0v) is 13.1. The van der Waals surface area contributed by atoms with Gasteiger partial charge in [-0.25, -0.2) is 9.78 Å². The maximum atomic E-state index is 12.1. The average Bonchev–Trinajstić information content (AvgIpc) is 2.86. The number of aryl methyl sites for hydroxylation is 1. The first-order chi connectivity index (χ1) is 9.60. The number of amides is 2. The fourth-order valence-electron chi connectivity index (χ4n) is 2.18. The van der Waals surface area contributed by atoms with Gasteiger partial charge in [0.1, 0.15) is 0 Å². The van der Waals surface area contributed by atoms with Gasteiger partial charge < -0.3 is 19.9 Å². The number of urea groups is 1. The SMILES string of the molecule is COC[C@H](C)NC(=O)N1CCN(c2nc(C)cs2)CC1. The molecule has 1 atom stereocenters. The molecule has 2 heterocycles. The van der Waals surface area contributed by atoms with Crippen molar-refractivity contribution in [1.29, 1.82) is 0 Å². The summed E-state index contributed by atoms with van der Waals surface area (Å²) >= 11 is 1.66. The summed E-state index contributed by atoms with van der Waals surface area (Å²) in [5.74, 6) is 0. The monoisotopic (exact) mass is 298 g/mol. The molecule has 0 aliphatic carbocycles. The topological polar surface area (TPSA) is 57.7 Å².